The lowest BCUT2D eigenvalue weighted by atomic mass is 10.0. The van der Waals surface area contributed by atoms with Gasteiger partial charge in [-0.1, -0.05) is 326 Å². The summed E-state index contributed by atoms with van der Waals surface area (Å²) in [6.45, 7) is 2.39. The zero-order valence-electron chi connectivity index (χ0n) is 68.2. The smallest absolute Gasteiger partial charge is 0.463 e. The Morgan fingerprint density at radius 2 is 0.486 bits per heavy atom. The van der Waals surface area contributed by atoms with Gasteiger partial charge in [0.25, 0.3) is 0 Å². The largest absolute Gasteiger partial charge is 0.472 e. The van der Waals surface area contributed by atoms with Crippen molar-refractivity contribution in [2.75, 3.05) is 39.6 Å². The summed E-state index contributed by atoms with van der Waals surface area (Å²) < 4.78 is 61.3. The topological polar surface area (TPSA) is 231 Å². The highest BCUT2D eigenvalue weighted by molar-refractivity contribution is 7.47. The van der Waals surface area contributed by atoms with Gasteiger partial charge in [-0.15, -0.1) is 0 Å². The molecule has 0 rings (SSSR count). The third kappa shape index (κ3) is 83.7. The summed E-state index contributed by atoms with van der Waals surface area (Å²) in [5.41, 5.74) is 0. The Balaban J connectivity index is 4.60. The normalized spacial score (nSPS) is 14.7. The van der Waals surface area contributed by atoms with Crippen LogP contribution in [-0.4, -0.2) is 95.9 Å². The van der Waals surface area contributed by atoms with Crippen LogP contribution in [0, 0.1) is 0 Å². The number of hydrogen-bond donors (Lipinski definition) is 4. The molecule has 18 heteroatoms. The van der Waals surface area contributed by atoms with Crippen molar-refractivity contribution in [3.8, 4) is 0 Å². The zero-order valence-corrected chi connectivity index (χ0v) is 70.0. The summed E-state index contributed by atoms with van der Waals surface area (Å²) in [5, 5.41) is 20.7. The number of phosphoric acid groups is 2. The molecule has 0 heterocycles. The van der Waals surface area contributed by atoms with Gasteiger partial charge in [0.15, 0.2) is 6.10 Å². The van der Waals surface area contributed by atoms with Gasteiger partial charge >= 0.3 is 33.6 Å². The monoisotopic (exact) mass is 1560 g/mol. The highest BCUT2D eigenvalue weighted by Gasteiger charge is 2.29. The van der Waals surface area contributed by atoms with Crippen LogP contribution in [0.25, 0.3) is 0 Å². The first-order valence-electron chi connectivity index (χ1n) is 42.4. The number of phosphoric ester groups is 2. The van der Waals surface area contributed by atoms with E-state index in [1.54, 1.807) is 0 Å². The Hall–Kier alpha value is -5.09. The predicted molar refractivity (Wildman–Crippen MR) is 454 cm³/mol. The van der Waals surface area contributed by atoms with Gasteiger partial charge < -0.3 is 34.2 Å². The molecule has 0 aliphatic carbocycles. The van der Waals surface area contributed by atoms with E-state index in [2.05, 4.69) is 191 Å². The van der Waals surface area contributed by atoms with Crippen LogP contribution >= 0.6 is 15.6 Å². The van der Waals surface area contributed by atoms with Crippen LogP contribution in [0.2, 0.25) is 0 Å². The molecular formula is C91H152O16P2. The molecule has 0 fully saturated rings. The Bertz CT molecular complexity index is 2660. The third-order valence-corrected chi connectivity index (χ3v) is 19.3. The van der Waals surface area contributed by atoms with Gasteiger partial charge in [-0.2, -0.15) is 0 Å². The van der Waals surface area contributed by atoms with Crippen molar-refractivity contribution in [1.29, 1.82) is 0 Å². The third-order valence-electron chi connectivity index (χ3n) is 17.4. The Kier molecular flexibility index (Phi) is 78.5. The first-order chi connectivity index (χ1) is 53.2. The van der Waals surface area contributed by atoms with Crippen molar-refractivity contribution < 1.29 is 75.8 Å². The number of aliphatic hydroxyl groups excluding tert-OH is 2. The fourth-order valence-corrected chi connectivity index (χ4v) is 12.6. The van der Waals surface area contributed by atoms with Crippen LogP contribution in [0.5, 0.6) is 0 Å². The number of ether oxygens (including phenoxy) is 3. The quantitative estimate of drug-likeness (QED) is 0.0146. The molecule has 0 bridgehead atoms. The maximum absolute atomic E-state index is 13.0. The Morgan fingerprint density at radius 1 is 0.266 bits per heavy atom. The number of hydrogen-bond acceptors (Lipinski definition) is 14. The number of unbranched alkanes of at least 4 members (excludes halogenated alkanes) is 28. The molecule has 0 saturated heterocycles. The highest BCUT2D eigenvalue weighted by atomic mass is 31.2. The first-order valence-corrected chi connectivity index (χ1v) is 45.4. The minimum absolute atomic E-state index is 0.0787. The van der Waals surface area contributed by atoms with Crippen molar-refractivity contribution in [2.24, 2.45) is 0 Å². The summed E-state index contributed by atoms with van der Waals surface area (Å²) >= 11 is 0. The molecule has 0 aromatic rings. The molecule has 0 aromatic carbocycles. The fraction of sp³-hybridized carbons (Fsp3) is 0.659. The summed E-state index contributed by atoms with van der Waals surface area (Å²) in [6, 6.07) is 0. The predicted octanol–water partition coefficient (Wildman–Crippen LogP) is 25.5. The van der Waals surface area contributed by atoms with Gasteiger partial charge in [0, 0.05) is 19.3 Å². The van der Waals surface area contributed by atoms with Crippen LogP contribution in [-0.2, 0) is 55.8 Å². The minimum atomic E-state index is -4.95. The van der Waals surface area contributed by atoms with Crippen LogP contribution in [0.4, 0.5) is 0 Å². The standard InChI is InChI=1S/C91H152O16P2/c1-4-7-10-13-16-19-22-25-28-31-34-36-38-39-40-41-42-43-44-45-47-49-51-53-56-59-62-65-68-71-74-77-89(94)101-80-86(92)81-103-108(97,98)104-82-87(93)83-105-109(99,100)106-85-88(107-91(96)79-76-73-70-67-64-61-58-55-50-33-30-27-24-21-18-15-12-9-6-3)84-102-90(95)78-75-72-69-66-63-60-57-54-52-48-46-37-35-32-29-26-23-20-17-14-11-8-5-2/h7-8,10-11,16-21,25-30,34-37,39-40,48,50,52,55,57,60,86-88,92-93H,4-6,9,12-15,22-24,31-33,38,41-47,49,51,53-54,56,58-59,61-85H2,1-3H3,(H,97,98)(H,99,100)/b10-7-,11-8-,19-16-,20-17-,21-18-,28-25-,29-26-,30-27-,36-34-,37-35-,40-39-,52-48-,55-50-,60-57-. The lowest BCUT2D eigenvalue weighted by molar-refractivity contribution is -0.161. The number of rotatable bonds is 79. The second-order valence-electron chi connectivity index (χ2n) is 27.9. The number of esters is 3. The molecule has 0 amide bonds. The van der Waals surface area contributed by atoms with Gasteiger partial charge in [-0.05, 0) is 154 Å². The van der Waals surface area contributed by atoms with E-state index in [0.717, 1.165) is 173 Å². The van der Waals surface area contributed by atoms with E-state index < -0.39 is 91.5 Å². The molecule has 5 unspecified atom stereocenters. The van der Waals surface area contributed by atoms with E-state index in [0.29, 0.717) is 19.3 Å². The lowest BCUT2D eigenvalue weighted by Gasteiger charge is -2.21. The molecule has 109 heavy (non-hydrogen) atoms. The van der Waals surface area contributed by atoms with Crippen LogP contribution in [0.1, 0.15) is 329 Å². The second-order valence-corrected chi connectivity index (χ2v) is 30.8. The summed E-state index contributed by atoms with van der Waals surface area (Å²) in [4.78, 5) is 58.8. The molecule has 622 valence electrons. The lowest BCUT2D eigenvalue weighted by Crippen LogP contribution is -2.30. The van der Waals surface area contributed by atoms with Gasteiger partial charge in [0.2, 0.25) is 0 Å². The maximum Gasteiger partial charge on any atom is 0.472 e. The number of aliphatic hydroxyl groups is 2. The van der Waals surface area contributed by atoms with E-state index in [1.807, 2.05) is 0 Å². The van der Waals surface area contributed by atoms with Crippen molar-refractivity contribution in [3.05, 3.63) is 170 Å². The van der Waals surface area contributed by atoms with Crippen molar-refractivity contribution in [2.45, 2.75) is 347 Å². The molecule has 0 saturated carbocycles. The molecule has 0 aromatic heterocycles. The van der Waals surface area contributed by atoms with Crippen LogP contribution < -0.4 is 0 Å². The van der Waals surface area contributed by atoms with E-state index in [-0.39, 0.29) is 19.3 Å². The number of carbonyl (C=O) groups excluding carboxylic acids is 3. The second kappa shape index (κ2) is 82.4. The molecule has 4 N–H and O–H groups in total. The van der Waals surface area contributed by atoms with Gasteiger partial charge in [0.05, 0.1) is 26.4 Å². The Morgan fingerprint density at radius 3 is 0.771 bits per heavy atom. The molecular weight excluding hydrogens is 1410 g/mol. The van der Waals surface area contributed by atoms with Crippen molar-refractivity contribution in [1.82, 2.24) is 0 Å². The summed E-state index contributed by atoms with van der Waals surface area (Å²) in [7, 11) is -9.82. The summed E-state index contributed by atoms with van der Waals surface area (Å²) in [5.74, 6) is -1.62. The average Bonchev–Trinajstić information content (AvgIpc) is 0.900. The molecule has 0 spiro atoms. The summed E-state index contributed by atoms with van der Waals surface area (Å²) in [6.07, 6.45) is 105. The van der Waals surface area contributed by atoms with Gasteiger partial charge in [-0.25, -0.2) is 9.13 Å². The SMILES string of the molecule is CC/C=C\C/C=C\C/C=C\C/C=C\C/C=C\C/C=C\CCCCCCC(=O)OCC(COP(=O)(O)OCC(O)COP(=O)(O)OCC(O)COC(=O)CCCCCCCCCCCCCCCCC/C=C\C/C=C\C/C=C\C/C=C\C/C=C\CC)OC(=O)CCCCCCCC/C=C\C/C=C\C/C=C\CCCCC. The Labute approximate surface area is 662 Å². The number of carbonyl (C=O) groups is 3. The molecule has 0 radical (unpaired) electrons. The van der Waals surface area contributed by atoms with Crippen LogP contribution in [0.3, 0.4) is 0 Å². The molecule has 5 atom stereocenters. The van der Waals surface area contributed by atoms with Crippen LogP contribution in [0.15, 0.2) is 170 Å². The van der Waals surface area contributed by atoms with E-state index in [1.165, 1.54) is 96.3 Å². The van der Waals surface area contributed by atoms with Gasteiger partial charge in [-0.3, -0.25) is 32.5 Å². The zero-order chi connectivity index (χ0) is 79.4. The van der Waals surface area contributed by atoms with Gasteiger partial charge in [0.1, 0.15) is 25.4 Å². The number of allylic oxidation sites excluding steroid dienone is 28. The minimum Gasteiger partial charge on any atom is -0.463 e. The maximum atomic E-state index is 13.0. The molecule has 0 aliphatic rings. The fourth-order valence-electron chi connectivity index (χ4n) is 11.0. The van der Waals surface area contributed by atoms with Crippen molar-refractivity contribution >= 4 is 33.6 Å². The van der Waals surface area contributed by atoms with E-state index >= 15 is 0 Å². The van der Waals surface area contributed by atoms with E-state index in [9.17, 15) is 43.5 Å². The molecule has 16 nitrogen and oxygen atoms in total. The average molecular weight is 1560 g/mol. The highest BCUT2D eigenvalue weighted by Crippen LogP contribution is 2.45. The van der Waals surface area contributed by atoms with E-state index in [4.69, 9.17) is 32.3 Å². The van der Waals surface area contributed by atoms with Crippen molar-refractivity contribution in [3.63, 3.8) is 0 Å². The molecule has 0 aliphatic heterocycles. The first kappa shape index (κ1) is 104.